The largest absolute Gasteiger partial charge is 0.407 e. The van der Waals surface area contributed by atoms with Crippen molar-refractivity contribution in [2.45, 2.75) is 63.8 Å². The van der Waals surface area contributed by atoms with Crippen LogP contribution in [0.3, 0.4) is 0 Å². The van der Waals surface area contributed by atoms with E-state index in [0.717, 1.165) is 6.42 Å². The quantitative estimate of drug-likeness (QED) is 0.423. The highest BCUT2D eigenvalue weighted by molar-refractivity contribution is 7.84. The monoisotopic (exact) mass is 469 g/mol. The van der Waals surface area contributed by atoms with Gasteiger partial charge in [-0.05, 0) is 54.4 Å². The van der Waals surface area contributed by atoms with Crippen molar-refractivity contribution < 1.29 is 8.63 Å². The summed E-state index contributed by atoms with van der Waals surface area (Å²) >= 11 is 0. The third-order valence-corrected chi connectivity index (χ3v) is 13.0. The van der Waals surface area contributed by atoms with Crippen LogP contribution in [0, 0.1) is 11.8 Å². The lowest BCUT2D eigenvalue weighted by Crippen LogP contribution is -2.66. The zero-order valence-corrected chi connectivity index (χ0v) is 22.2. The lowest BCUT2D eigenvalue weighted by atomic mass is 10.2. The van der Waals surface area contributed by atoms with Crippen LogP contribution in [0.1, 0.15) is 48.0 Å². The molecule has 1 aliphatic rings. The first kappa shape index (κ1) is 25.1. The highest BCUT2D eigenvalue weighted by atomic mass is 32.2. The molecule has 5 heteroatoms. The van der Waals surface area contributed by atoms with Gasteiger partial charge in [0.1, 0.15) is 0 Å². The Bertz CT molecular complexity index is 879. The second-order valence-electron chi connectivity index (χ2n) is 10.9. The first-order valence-electron chi connectivity index (χ1n) is 11.6. The summed E-state index contributed by atoms with van der Waals surface area (Å²) < 4.78 is 22.7. The summed E-state index contributed by atoms with van der Waals surface area (Å²) in [5, 5.41) is 2.59. The molecule has 0 aliphatic heterocycles. The van der Waals surface area contributed by atoms with Gasteiger partial charge in [0.25, 0.3) is 8.32 Å². The van der Waals surface area contributed by atoms with E-state index in [0.29, 0.717) is 18.4 Å². The van der Waals surface area contributed by atoms with Crippen LogP contribution in [-0.2, 0) is 15.4 Å². The van der Waals surface area contributed by atoms with Gasteiger partial charge in [0, 0.05) is 12.6 Å². The Balaban J connectivity index is 1.84. The molecule has 2 aromatic carbocycles. The van der Waals surface area contributed by atoms with Gasteiger partial charge in [0.2, 0.25) is 0 Å². The Hall–Kier alpha value is -1.53. The van der Waals surface area contributed by atoms with Crippen LogP contribution in [-0.4, -0.2) is 29.9 Å². The van der Waals surface area contributed by atoms with Crippen molar-refractivity contribution in [3.63, 3.8) is 0 Å². The second kappa shape index (κ2) is 9.76. The van der Waals surface area contributed by atoms with E-state index in [1.807, 2.05) is 26.8 Å². The third-order valence-electron chi connectivity index (χ3n) is 6.42. The van der Waals surface area contributed by atoms with Crippen LogP contribution in [0.2, 0.25) is 5.04 Å². The molecule has 0 heterocycles. The molecule has 3 rings (SSSR count). The molecule has 1 unspecified atom stereocenters. The van der Waals surface area contributed by atoms with Gasteiger partial charge >= 0.3 is 0 Å². The summed E-state index contributed by atoms with van der Waals surface area (Å²) in [5.74, 6) is 0.862. The molecule has 3 nitrogen and oxygen atoms in total. The Kier molecular flexibility index (Phi) is 7.65. The third kappa shape index (κ3) is 5.33. The van der Waals surface area contributed by atoms with Crippen molar-refractivity contribution in [2.75, 3.05) is 6.61 Å². The maximum absolute atomic E-state index is 12.6. The highest BCUT2D eigenvalue weighted by Crippen LogP contribution is 2.44. The Morgan fingerprint density at radius 1 is 1.03 bits per heavy atom. The molecule has 0 saturated heterocycles. The SMILES string of the molecule is C=C[C@@H](NS(=O)C(C)(C)C)[C@H]1C[C@@H]1CO[Si](c1ccccc1)(c1ccccc1)C(C)(C)C. The number of hydrogen-bond donors (Lipinski definition) is 1. The zero-order valence-electron chi connectivity index (χ0n) is 20.4. The summed E-state index contributed by atoms with van der Waals surface area (Å²) in [6.45, 7) is 17.6. The predicted molar refractivity (Wildman–Crippen MR) is 140 cm³/mol. The lowest BCUT2D eigenvalue weighted by molar-refractivity contribution is 0.271. The van der Waals surface area contributed by atoms with Gasteiger partial charge in [-0.2, -0.15) is 0 Å². The van der Waals surface area contributed by atoms with E-state index in [1.165, 1.54) is 10.4 Å². The van der Waals surface area contributed by atoms with Crippen LogP contribution in [0.4, 0.5) is 0 Å². The summed E-state index contributed by atoms with van der Waals surface area (Å²) in [5.41, 5.74) is 0. The average Bonchev–Trinajstić information content (AvgIpc) is 3.51. The first-order valence-corrected chi connectivity index (χ1v) is 14.6. The van der Waals surface area contributed by atoms with Crippen molar-refractivity contribution in [1.29, 1.82) is 0 Å². The number of benzene rings is 2. The summed E-state index contributed by atoms with van der Waals surface area (Å²) in [4.78, 5) is 0. The Labute approximate surface area is 198 Å². The molecule has 174 valence electrons. The maximum atomic E-state index is 12.6. The molecule has 2 aromatic rings. The average molecular weight is 470 g/mol. The fourth-order valence-electron chi connectivity index (χ4n) is 4.51. The van der Waals surface area contributed by atoms with Gasteiger partial charge in [-0.3, -0.25) is 0 Å². The number of rotatable bonds is 9. The molecule has 0 bridgehead atoms. The molecule has 1 aliphatic carbocycles. The van der Waals surface area contributed by atoms with Gasteiger partial charge in [-0.25, -0.2) is 8.93 Å². The second-order valence-corrected chi connectivity index (χ2v) is 17.2. The van der Waals surface area contributed by atoms with E-state index >= 15 is 0 Å². The van der Waals surface area contributed by atoms with Crippen molar-refractivity contribution in [2.24, 2.45) is 11.8 Å². The molecular weight excluding hydrogens is 430 g/mol. The summed E-state index contributed by atoms with van der Waals surface area (Å²) in [6.07, 6.45) is 2.99. The van der Waals surface area contributed by atoms with Gasteiger partial charge in [-0.15, -0.1) is 6.58 Å². The topological polar surface area (TPSA) is 38.3 Å². The molecule has 1 N–H and O–H groups in total. The standard InChI is InChI=1S/C27H39NO2SSi/c1-8-25(28-31(29)26(2,3)4)24-19-21(24)20-30-32(27(5,6)7,22-15-11-9-12-16-22)23-17-13-10-14-18-23/h8-18,21,24-25,28H,1,19-20H2,2-7H3/t21-,24+,25-,31?/m1/s1. The summed E-state index contributed by atoms with van der Waals surface area (Å²) in [7, 11) is -3.63. The smallest absolute Gasteiger partial charge is 0.261 e. The normalized spacial score (nSPS) is 21.1. The maximum Gasteiger partial charge on any atom is 0.261 e. The van der Waals surface area contributed by atoms with Crippen molar-refractivity contribution >= 4 is 29.7 Å². The van der Waals surface area contributed by atoms with Crippen molar-refractivity contribution in [1.82, 2.24) is 4.72 Å². The molecule has 0 aromatic heterocycles. The molecule has 1 saturated carbocycles. The van der Waals surface area contributed by atoms with E-state index < -0.39 is 19.3 Å². The molecule has 1 fully saturated rings. The predicted octanol–water partition coefficient (Wildman–Crippen LogP) is 4.81. The minimum atomic E-state index is -2.51. The number of hydrogen-bond acceptors (Lipinski definition) is 2. The lowest BCUT2D eigenvalue weighted by Gasteiger charge is -2.43. The fraction of sp³-hybridized carbons (Fsp3) is 0.481. The van der Waals surface area contributed by atoms with Gasteiger partial charge in [-0.1, -0.05) is 87.5 Å². The first-order chi connectivity index (χ1) is 15.0. The van der Waals surface area contributed by atoms with E-state index in [2.05, 4.69) is 92.7 Å². The highest BCUT2D eigenvalue weighted by Gasteiger charge is 2.52. The van der Waals surface area contributed by atoms with Crippen LogP contribution in [0.15, 0.2) is 73.3 Å². The summed E-state index contributed by atoms with van der Waals surface area (Å²) in [6, 6.07) is 21.6. The van der Waals surface area contributed by atoms with Gasteiger partial charge in [0.15, 0.2) is 0 Å². The molecule has 4 atom stereocenters. The van der Waals surface area contributed by atoms with E-state index in [-0.39, 0.29) is 15.8 Å². The Morgan fingerprint density at radius 3 is 1.94 bits per heavy atom. The van der Waals surface area contributed by atoms with Crippen molar-refractivity contribution in [3.05, 3.63) is 73.3 Å². The fourth-order valence-corrected chi connectivity index (χ4v) is 10.00. The minimum absolute atomic E-state index is 0.0239. The van der Waals surface area contributed by atoms with Gasteiger partial charge < -0.3 is 4.43 Å². The van der Waals surface area contributed by atoms with Crippen molar-refractivity contribution in [3.8, 4) is 0 Å². The molecule has 0 radical (unpaired) electrons. The van der Waals surface area contributed by atoms with Crippen LogP contribution in [0.25, 0.3) is 0 Å². The molecular formula is C27H39NO2SSi. The van der Waals surface area contributed by atoms with Gasteiger partial charge in [0.05, 0.1) is 15.7 Å². The molecule has 0 spiro atoms. The van der Waals surface area contributed by atoms with E-state index in [4.69, 9.17) is 4.43 Å². The Morgan fingerprint density at radius 2 is 1.53 bits per heavy atom. The minimum Gasteiger partial charge on any atom is -0.407 e. The van der Waals surface area contributed by atoms with Crippen LogP contribution < -0.4 is 15.1 Å². The van der Waals surface area contributed by atoms with E-state index in [1.54, 1.807) is 0 Å². The van der Waals surface area contributed by atoms with Crippen LogP contribution in [0.5, 0.6) is 0 Å². The van der Waals surface area contributed by atoms with E-state index in [9.17, 15) is 4.21 Å². The van der Waals surface area contributed by atoms with Crippen LogP contribution >= 0.6 is 0 Å². The molecule has 0 amide bonds. The zero-order chi connectivity index (χ0) is 23.6. The number of nitrogens with one attached hydrogen (secondary N) is 1. The molecule has 32 heavy (non-hydrogen) atoms.